The number of likely N-dealkylation sites (tertiary alicyclic amines) is 1. The molecule has 3 heteroatoms. The van der Waals surface area contributed by atoms with Crippen molar-refractivity contribution in [2.45, 2.75) is 46.5 Å². The highest BCUT2D eigenvalue weighted by molar-refractivity contribution is 5.79. The molecule has 1 aliphatic heterocycles. The standard InChI is InChI=1S/C16H29N3/c1-5-16(6-2)8-10-19(11-9-16)14-15(12-17-4)13-18-7-3/h12-13H,4-11,14H2,1-3H3/b15-12+,18-13-. The van der Waals surface area contributed by atoms with E-state index in [-0.39, 0.29) is 0 Å². The minimum atomic E-state index is 0.592. The highest BCUT2D eigenvalue weighted by Crippen LogP contribution is 2.37. The largest absolute Gasteiger partial charge is 0.299 e. The molecule has 0 amide bonds. The van der Waals surface area contributed by atoms with Gasteiger partial charge in [-0.25, -0.2) is 0 Å². The van der Waals surface area contributed by atoms with Crippen molar-refractivity contribution in [3.8, 4) is 0 Å². The summed E-state index contributed by atoms with van der Waals surface area (Å²) in [6.45, 7) is 14.4. The molecule has 1 rings (SSSR count). The van der Waals surface area contributed by atoms with E-state index in [2.05, 4.69) is 35.4 Å². The summed E-state index contributed by atoms with van der Waals surface area (Å²) in [5.74, 6) is 0. The predicted octanol–water partition coefficient (Wildman–Crippen LogP) is 3.56. The van der Waals surface area contributed by atoms with Gasteiger partial charge in [-0.3, -0.25) is 14.9 Å². The van der Waals surface area contributed by atoms with Gasteiger partial charge in [-0.05, 0) is 45.0 Å². The summed E-state index contributed by atoms with van der Waals surface area (Å²) >= 11 is 0. The molecule has 1 heterocycles. The molecule has 1 aliphatic rings. The summed E-state index contributed by atoms with van der Waals surface area (Å²) < 4.78 is 0. The maximum atomic E-state index is 4.31. The van der Waals surface area contributed by atoms with Crippen molar-refractivity contribution in [2.75, 3.05) is 26.2 Å². The van der Waals surface area contributed by atoms with Crippen molar-refractivity contribution in [1.29, 1.82) is 0 Å². The molecule has 1 fully saturated rings. The van der Waals surface area contributed by atoms with Crippen LogP contribution in [0.3, 0.4) is 0 Å². The van der Waals surface area contributed by atoms with Gasteiger partial charge in [0.05, 0.1) is 0 Å². The minimum absolute atomic E-state index is 0.592. The molecule has 0 aromatic rings. The van der Waals surface area contributed by atoms with Gasteiger partial charge in [-0.15, -0.1) is 0 Å². The predicted molar refractivity (Wildman–Crippen MR) is 85.4 cm³/mol. The van der Waals surface area contributed by atoms with Gasteiger partial charge >= 0.3 is 0 Å². The second-order valence-corrected chi connectivity index (χ2v) is 5.50. The molecular formula is C16H29N3. The Morgan fingerprint density at radius 3 is 2.32 bits per heavy atom. The normalized spacial score (nSPS) is 20.9. The first-order valence-electron chi connectivity index (χ1n) is 7.56. The third-order valence-corrected chi connectivity index (χ3v) is 4.52. The molecule has 0 radical (unpaired) electrons. The van der Waals surface area contributed by atoms with Gasteiger partial charge in [0.2, 0.25) is 0 Å². The first-order chi connectivity index (χ1) is 9.19. The van der Waals surface area contributed by atoms with Crippen molar-refractivity contribution in [2.24, 2.45) is 15.4 Å². The van der Waals surface area contributed by atoms with E-state index in [0.717, 1.165) is 18.7 Å². The second-order valence-electron chi connectivity index (χ2n) is 5.50. The molecule has 0 atom stereocenters. The average Bonchev–Trinajstić information content (AvgIpc) is 2.46. The Morgan fingerprint density at radius 2 is 1.84 bits per heavy atom. The highest BCUT2D eigenvalue weighted by Gasteiger charge is 2.31. The first kappa shape index (κ1) is 16.1. The van der Waals surface area contributed by atoms with E-state index in [4.69, 9.17) is 0 Å². The molecule has 3 nitrogen and oxygen atoms in total. The zero-order valence-corrected chi connectivity index (χ0v) is 12.9. The van der Waals surface area contributed by atoms with E-state index in [1.165, 1.54) is 38.8 Å². The van der Waals surface area contributed by atoms with Crippen LogP contribution < -0.4 is 0 Å². The van der Waals surface area contributed by atoms with Crippen molar-refractivity contribution in [1.82, 2.24) is 4.90 Å². The van der Waals surface area contributed by atoms with Gasteiger partial charge in [-0.1, -0.05) is 26.7 Å². The zero-order chi connectivity index (χ0) is 14.1. The summed E-state index contributed by atoms with van der Waals surface area (Å²) in [4.78, 5) is 10.7. The van der Waals surface area contributed by atoms with Gasteiger partial charge in [0.1, 0.15) is 0 Å². The average molecular weight is 263 g/mol. The molecule has 1 saturated heterocycles. The van der Waals surface area contributed by atoms with Crippen LogP contribution in [0.25, 0.3) is 0 Å². The van der Waals surface area contributed by atoms with Crippen LogP contribution in [0.15, 0.2) is 21.8 Å². The third-order valence-electron chi connectivity index (χ3n) is 4.52. The Bertz CT molecular complexity index is 317. The number of nitrogens with zero attached hydrogens (tertiary/aromatic N) is 3. The summed E-state index contributed by atoms with van der Waals surface area (Å²) in [6, 6.07) is 0. The van der Waals surface area contributed by atoms with Crippen LogP contribution in [0.1, 0.15) is 46.5 Å². The Kier molecular flexibility index (Phi) is 7.00. The summed E-state index contributed by atoms with van der Waals surface area (Å²) in [5.41, 5.74) is 1.76. The van der Waals surface area contributed by atoms with Gasteiger partial charge < -0.3 is 0 Å². The molecule has 0 unspecified atom stereocenters. The van der Waals surface area contributed by atoms with Crippen LogP contribution in [-0.4, -0.2) is 44.0 Å². The fraction of sp³-hybridized carbons (Fsp3) is 0.750. The van der Waals surface area contributed by atoms with Gasteiger partial charge in [0, 0.05) is 31.1 Å². The zero-order valence-electron chi connectivity index (χ0n) is 12.9. The van der Waals surface area contributed by atoms with Crippen molar-refractivity contribution in [3.05, 3.63) is 11.8 Å². The molecular weight excluding hydrogens is 234 g/mol. The number of hydrogen-bond donors (Lipinski definition) is 0. The van der Waals surface area contributed by atoms with Gasteiger partial charge in [0.25, 0.3) is 0 Å². The molecule has 19 heavy (non-hydrogen) atoms. The van der Waals surface area contributed by atoms with E-state index < -0.39 is 0 Å². The molecule has 0 N–H and O–H groups in total. The number of piperidine rings is 1. The van der Waals surface area contributed by atoms with E-state index in [1.54, 1.807) is 0 Å². The Balaban J connectivity index is 2.53. The fourth-order valence-corrected chi connectivity index (χ4v) is 2.84. The maximum Gasteiger partial charge on any atom is 0.0361 e. The van der Waals surface area contributed by atoms with Gasteiger partial charge in [0.15, 0.2) is 0 Å². The molecule has 0 spiro atoms. The van der Waals surface area contributed by atoms with E-state index in [9.17, 15) is 0 Å². The van der Waals surface area contributed by atoms with E-state index in [1.807, 2.05) is 19.3 Å². The SMILES string of the molecule is C=N/C=C(\C=N/CC)CN1CCC(CC)(CC)CC1. The number of rotatable bonds is 7. The van der Waals surface area contributed by atoms with Crippen LogP contribution in [0.2, 0.25) is 0 Å². The lowest BCUT2D eigenvalue weighted by Gasteiger charge is -2.41. The molecule has 0 aromatic carbocycles. The summed E-state index contributed by atoms with van der Waals surface area (Å²) in [7, 11) is 0. The number of aliphatic imine (C=N–C) groups is 2. The Labute approximate surface area is 118 Å². The lowest BCUT2D eigenvalue weighted by molar-refractivity contribution is 0.103. The Hall–Kier alpha value is -0.960. The lowest BCUT2D eigenvalue weighted by Crippen LogP contribution is -2.40. The van der Waals surface area contributed by atoms with Crippen molar-refractivity contribution >= 4 is 12.9 Å². The lowest BCUT2D eigenvalue weighted by atomic mass is 9.74. The fourth-order valence-electron chi connectivity index (χ4n) is 2.84. The smallest absolute Gasteiger partial charge is 0.0361 e. The minimum Gasteiger partial charge on any atom is -0.299 e. The van der Waals surface area contributed by atoms with Crippen LogP contribution in [-0.2, 0) is 0 Å². The topological polar surface area (TPSA) is 28.0 Å². The highest BCUT2D eigenvalue weighted by atomic mass is 15.1. The summed E-state index contributed by atoms with van der Waals surface area (Å²) in [5, 5.41) is 0. The third kappa shape index (κ3) is 4.90. The second kappa shape index (κ2) is 8.26. The first-order valence-corrected chi connectivity index (χ1v) is 7.56. The van der Waals surface area contributed by atoms with Crippen molar-refractivity contribution < 1.29 is 0 Å². The number of hydrogen-bond acceptors (Lipinski definition) is 3. The van der Waals surface area contributed by atoms with Crippen molar-refractivity contribution in [3.63, 3.8) is 0 Å². The van der Waals surface area contributed by atoms with Crippen LogP contribution in [0, 0.1) is 5.41 Å². The maximum absolute atomic E-state index is 4.31. The monoisotopic (exact) mass is 263 g/mol. The quantitative estimate of drug-likeness (QED) is 0.645. The molecule has 0 aliphatic carbocycles. The molecule has 108 valence electrons. The Morgan fingerprint density at radius 1 is 1.21 bits per heavy atom. The van der Waals surface area contributed by atoms with Crippen LogP contribution >= 0.6 is 0 Å². The molecule has 0 aromatic heterocycles. The van der Waals surface area contributed by atoms with E-state index >= 15 is 0 Å². The van der Waals surface area contributed by atoms with Crippen LogP contribution in [0.5, 0.6) is 0 Å². The molecule has 0 bridgehead atoms. The molecule has 0 saturated carbocycles. The van der Waals surface area contributed by atoms with Crippen LogP contribution in [0.4, 0.5) is 0 Å². The van der Waals surface area contributed by atoms with E-state index in [0.29, 0.717) is 5.41 Å². The summed E-state index contributed by atoms with van der Waals surface area (Å²) in [6.07, 6.45) is 9.04. The van der Waals surface area contributed by atoms with Gasteiger partial charge in [-0.2, -0.15) is 0 Å².